The van der Waals surface area contributed by atoms with E-state index in [-0.39, 0.29) is 11.2 Å². The van der Waals surface area contributed by atoms with E-state index in [2.05, 4.69) is 19.9 Å². The van der Waals surface area contributed by atoms with E-state index in [1.54, 1.807) is 12.1 Å². The molecule has 1 aliphatic carbocycles. The van der Waals surface area contributed by atoms with Crippen molar-refractivity contribution in [2.24, 2.45) is 5.41 Å². The number of carbonyl (C=O) groups is 1. The second-order valence-corrected chi connectivity index (χ2v) is 5.23. The monoisotopic (exact) mass is 237 g/mol. The van der Waals surface area contributed by atoms with Gasteiger partial charge in [0.15, 0.2) is 5.78 Å². The summed E-state index contributed by atoms with van der Waals surface area (Å²) in [4.78, 5) is 12.2. The van der Waals surface area contributed by atoms with Gasteiger partial charge in [0.2, 0.25) is 0 Å². The van der Waals surface area contributed by atoms with Crippen molar-refractivity contribution in [2.75, 3.05) is 0 Å². The maximum atomic E-state index is 12.2. The minimum Gasteiger partial charge on any atom is -0.289 e. The van der Waals surface area contributed by atoms with Crippen LogP contribution in [-0.2, 0) is 4.79 Å². The molecule has 0 radical (unpaired) electrons. The number of benzene rings is 1. The van der Waals surface area contributed by atoms with Gasteiger partial charge >= 0.3 is 0 Å². The molecule has 1 aromatic rings. The second-order valence-electron chi connectivity index (χ2n) is 5.23. The number of Topliss-reactive ketones (excluding diaryl/α,β-unsaturated/α-hetero) is 1. The lowest BCUT2D eigenvalue weighted by molar-refractivity contribution is -0.110. The van der Waals surface area contributed by atoms with E-state index in [9.17, 15) is 4.79 Å². The van der Waals surface area contributed by atoms with Crippen molar-refractivity contribution in [1.82, 2.24) is 0 Å². The van der Waals surface area contributed by atoms with Crippen molar-refractivity contribution in [3.05, 3.63) is 53.1 Å². The normalized spacial score (nSPS) is 17.8. The van der Waals surface area contributed by atoms with E-state index in [4.69, 9.17) is 5.26 Å². The summed E-state index contributed by atoms with van der Waals surface area (Å²) >= 11 is 0. The zero-order valence-electron chi connectivity index (χ0n) is 10.8. The predicted octanol–water partition coefficient (Wildman–Crippen LogP) is 3.50. The number of allylic oxidation sites excluding steroid dienone is 4. The fourth-order valence-electron chi connectivity index (χ4n) is 2.25. The summed E-state index contributed by atoms with van der Waals surface area (Å²) in [5, 5.41) is 8.78. The molecule has 2 heteroatoms. The van der Waals surface area contributed by atoms with Crippen LogP contribution in [0.2, 0.25) is 0 Å². The lowest BCUT2D eigenvalue weighted by Crippen LogP contribution is -2.17. The molecule has 18 heavy (non-hydrogen) atoms. The minimum absolute atomic E-state index is 0.0685. The zero-order valence-corrected chi connectivity index (χ0v) is 10.8. The van der Waals surface area contributed by atoms with Gasteiger partial charge in [0, 0.05) is 11.0 Å². The van der Waals surface area contributed by atoms with E-state index in [0.717, 1.165) is 16.7 Å². The first-order chi connectivity index (χ1) is 8.43. The average Bonchev–Trinajstić information content (AvgIpc) is 2.33. The van der Waals surface area contributed by atoms with Crippen molar-refractivity contribution in [2.45, 2.75) is 20.8 Å². The lowest BCUT2D eigenvalue weighted by atomic mass is 9.79. The Labute approximate surface area is 107 Å². The number of nitriles is 1. The molecule has 1 aromatic carbocycles. The maximum absolute atomic E-state index is 12.2. The Hall–Kier alpha value is -2.14. The van der Waals surface area contributed by atoms with Gasteiger partial charge in [-0.05, 0) is 30.2 Å². The third-order valence-corrected chi connectivity index (χ3v) is 3.03. The van der Waals surface area contributed by atoms with Gasteiger partial charge in [0.1, 0.15) is 0 Å². The highest BCUT2D eigenvalue weighted by atomic mass is 16.1. The molecule has 0 spiro atoms. The first-order valence-electron chi connectivity index (χ1n) is 5.90. The molecule has 2 nitrogen and oxygen atoms in total. The highest BCUT2D eigenvalue weighted by molar-refractivity contribution is 6.29. The lowest BCUT2D eigenvalue weighted by Gasteiger charge is -2.24. The van der Waals surface area contributed by atoms with Crippen LogP contribution in [0.4, 0.5) is 0 Å². The number of rotatable bonds is 1. The summed E-state index contributed by atoms with van der Waals surface area (Å²) < 4.78 is 0. The van der Waals surface area contributed by atoms with Gasteiger partial charge in [-0.1, -0.05) is 38.1 Å². The summed E-state index contributed by atoms with van der Waals surface area (Å²) in [5.41, 5.74) is 2.88. The topological polar surface area (TPSA) is 40.9 Å². The Morgan fingerprint density at radius 2 is 1.72 bits per heavy atom. The number of hydrogen-bond acceptors (Lipinski definition) is 2. The summed E-state index contributed by atoms with van der Waals surface area (Å²) in [7, 11) is 0. The molecule has 0 atom stereocenters. The summed E-state index contributed by atoms with van der Waals surface area (Å²) in [6.07, 6.45) is 3.98. The zero-order chi connectivity index (χ0) is 13.3. The number of hydrogen-bond donors (Lipinski definition) is 0. The molecule has 0 amide bonds. The Bertz CT molecular complexity index is 595. The van der Waals surface area contributed by atoms with Crippen molar-refractivity contribution in [1.29, 1.82) is 5.26 Å². The minimum atomic E-state index is -0.110. The molecular formula is C16H15NO. The SMILES string of the molecule is CC1=CC(C)(C)C=C(c2ccc(C#N)cc2)C1=O. The van der Waals surface area contributed by atoms with Gasteiger partial charge in [-0.3, -0.25) is 4.79 Å². The maximum Gasteiger partial charge on any atom is 0.188 e. The van der Waals surface area contributed by atoms with Crippen molar-refractivity contribution in [3.63, 3.8) is 0 Å². The molecule has 0 aliphatic heterocycles. The summed E-state index contributed by atoms with van der Waals surface area (Å²) in [6.45, 7) is 6.00. The average molecular weight is 237 g/mol. The Morgan fingerprint density at radius 1 is 1.11 bits per heavy atom. The van der Waals surface area contributed by atoms with Crippen LogP contribution in [0.5, 0.6) is 0 Å². The van der Waals surface area contributed by atoms with Gasteiger partial charge in [0.25, 0.3) is 0 Å². The van der Waals surface area contributed by atoms with E-state index in [1.165, 1.54) is 0 Å². The van der Waals surface area contributed by atoms with E-state index >= 15 is 0 Å². The largest absolute Gasteiger partial charge is 0.289 e. The summed E-state index contributed by atoms with van der Waals surface area (Å²) in [5.74, 6) is 0.0685. The van der Waals surface area contributed by atoms with Crippen molar-refractivity contribution < 1.29 is 4.79 Å². The smallest absolute Gasteiger partial charge is 0.188 e. The van der Waals surface area contributed by atoms with Crippen LogP contribution in [0.3, 0.4) is 0 Å². The van der Waals surface area contributed by atoms with Crippen LogP contribution < -0.4 is 0 Å². The first-order valence-corrected chi connectivity index (χ1v) is 5.90. The predicted molar refractivity (Wildman–Crippen MR) is 71.7 cm³/mol. The molecule has 0 saturated heterocycles. The van der Waals surface area contributed by atoms with Crippen molar-refractivity contribution >= 4 is 11.4 Å². The van der Waals surface area contributed by atoms with Crippen LogP contribution in [0.25, 0.3) is 5.57 Å². The molecule has 0 aromatic heterocycles. The van der Waals surface area contributed by atoms with Gasteiger partial charge in [0.05, 0.1) is 11.6 Å². The molecular weight excluding hydrogens is 222 g/mol. The standard InChI is InChI=1S/C16H15NO/c1-11-8-16(2,3)9-14(15(11)18)13-6-4-12(10-17)5-7-13/h4-9H,1-3H3. The Kier molecular flexibility index (Phi) is 2.92. The first kappa shape index (κ1) is 12.3. The molecule has 0 bridgehead atoms. The fourth-order valence-corrected chi connectivity index (χ4v) is 2.25. The number of carbonyl (C=O) groups excluding carboxylic acids is 1. The number of nitrogens with zero attached hydrogens (tertiary/aromatic N) is 1. The van der Waals surface area contributed by atoms with Crippen molar-refractivity contribution in [3.8, 4) is 6.07 Å². The second kappa shape index (κ2) is 4.27. The molecule has 1 aliphatic rings. The molecule has 0 unspecified atom stereocenters. The van der Waals surface area contributed by atoms with Gasteiger partial charge < -0.3 is 0 Å². The van der Waals surface area contributed by atoms with E-state index in [1.807, 2.05) is 31.2 Å². The quantitative estimate of drug-likeness (QED) is 0.750. The molecule has 90 valence electrons. The molecule has 0 N–H and O–H groups in total. The van der Waals surface area contributed by atoms with Crippen LogP contribution in [0.1, 0.15) is 31.9 Å². The molecule has 0 heterocycles. The molecule has 0 fully saturated rings. The molecule has 2 rings (SSSR count). The Morgan fingerprint density at radius 3 is 2.28 bits per heavy atom. The third-order valence-electron chi connectivity index (χ3n) is 3.03. The van der Waals surface area contributed by atoms with Gasteiger partial charge in [-0.15, -0.1) is 0 Å². The van der Waals surface area contributed by atoms with E-state index < -0.39 is 0 Å². The van der Waals surface area contributed by atoms with Crippen LogP contribution in [-0.4, -0.2) is 5.78 Å². The van der Waals surface area contributed by atoms with Gasteiger partial charge in [-0.2, -0.15) is 5.26 Å². The van der Waals surface area contributed by atoms with E-state index in [0.29, 0.717) is 5.56 Å². The van der Waals surface area contributed by atoms with Crippen LogP contribution in [0.15, 0.2) is 42.0 Å². The molecule has 0 saturated carbocycles. The third kappa shape index (κ3) is 2.26. The van der Waals surface area contributed by atoms with Gasteiger partial charge in [-0.25, -0.2) is 0 Å². The van der Waals surface area contributed by atoms with Crippen LogP contribution in [0, 0.1) is 16.7 Å². The van der Waals surface area contributed by atoms with Crippen LogP contribution >= 0.6 is 0 Å². The number of ketones is 1. The summed E-state index contributed by atoms with van der Waals surface area (Å²) in [6, 6.07) is 9.22. The fraction of sp³-hybridized carbons (Fsp3) is 0.250. The Balaban J connectivity index is 2.47. The highest BCUT2D eigenvalue weighted by Crippen LogP contribution is 2.33. The highest BCUT2D eigenvalue weighted by Gasteiger charge is 2.25.